The van der Waals surface area contributed by atoms with Crippen LogP contribution in [0.1, 0.15) is 17.5 Å². The first-order valence-electron chi connectivity index (χ1n) is 8.73. The number of carbonyl (C=O) groups excluding carboxylic acids is 1. The number of nitrogens with zero attached hydrogens (tertiary/aromatic N) is 1. The van der Waals surface area contributed by atoms with E-state index in [4.69, 9.17) is 5.73 Å². The molecule has 1 fully saturated rings. The predicted molar refractivity (Wildman–Crippen MR) is 107 cm³/mol. The van der Waals surface area contributed by atoms with Crippen molar-refractivity contribution in [2.75, 3.05) is 35.6 Å². The number of nitrogen functional groups attached to an aromatic ring is 1. The van der Waals surface area contributed by atoms with E-state index in [-0.39, 0.29) is 5.91 Å². The molecule has 3 N–H and O–H groups in total. The molecule has 0 atom stereocenters. The van der Waals surface area contributed by atoms with Gasteiger partial charge in [-0.2, -0.15) is 11.8 Å². The van der Waals surface area contributed by atoms with E-state index in [0.29, 0.717) is 12.8 Å². The van der Waals surface area contributed by atoms with Gasteiger partial charge in [0.15, 0.2) is 0 Å². The SMILES string of the molecule is Nc1ccccc1CCC(=O)Nc1cccc(CN2CCSCC2)c1. The van der Waals surface area contributed by atoms with Gasteiger partial charge in [0, 0.05) is 48.9 Å². The lowest BCUT2D eigenvalue weighted by Gasteiger charge is -2.26. The zero-order valence-electron chi connectivity index (χ0n) is 14.4. The van der Waals surface area contributed by atoms with Crippen LogP contribution >= 0.6 is 11.8 Å². The lowest BCUT2D eigenvalue weighted by molar-refractivity contribution is -0.116. The Hall–Kier alpha value is -1.98. The van der Waals surface area contributed by atoms with E-state index in [1.54, 1.807) is 0 Å². The third kappa shape index (κ3) is 5.51. The van der Waals surface area contributed by atoms with Crippen LogP contribution in [-0.2, 0) is 17.8 Å². The number of nitrogens with two attached hydrogens (primary N) is 1. The van der Waals surface area contributed by atoms with E-state index < -0.39 is 0 Å². The maximum Gasteiger partial charge on any atom is 0.224 e. The zero-order valence-corrected chi connectivity index (χ0v) is 15.2. The van der Waals surface area contributed by atoms with E-state index in [1.807, 2.05) is 48.2 Å². The molecular weight excluding hydrogens is 330 g/mol. The van der Waals surface area contributed by atoms with E-state index >= 15 is 0 Å². The molecule has 0 spiro atoms. The number of nitrogens with one attached hydrogen (secondary N) is 1. The molecule has 0 radical (unpaired) electrons. The predicted octanol–water partition coefficient (Wildman–Crippen LogP) is 3.39. The van der Waals surface area contributed by atoms with Gasteiger partial charge in [0.2, 0.25) is 5.91 Å². The van der Waals surface area contributed by atoms with E-state index in [2.05, 4.69) is 22.3 Å². The molecule has 2 aromatic carbocycles. The fraction of sp³-hybridized carbons (Fsp3) is 0.350. The minimum absolute atomic E-state index is 0.0229. The second-order valence-electron chi connectivity index (χ2n) is 6.34. The maximum absolute atomic E-state index is 12.2. The number of hydrogen-bond acceptors (Lipinski definition) is 4. The summed E-state index contributed by atoms with van der Waals surface area (Å²) in [5, 5.41) is 3.01. The Morgan fingerprint density at radius 1 is 1.12 bits per heavy atom. The number of thioether (sulfide) groups is 1. The molecule has 1 heterocycles. The minimum Gasteiger partial charge on any atom is -0.399 e. The van der Waals surface area contributed by atoms with Crippen LogP contribution in [0.5, 0.6) is 0 Å². The van der Waals surface area contributed by atoms with Crippen LogP contribution in [0.25, 0.3) is 0 Å². The number of aryl methyl sites for hydroxylation is 1. The van der Waals surface area contributed by atoms with Crippen LogP contribution in [0.4, 0.5) is 11.4 Å². The molecule has 132 valence electrons. The van der Waals surface area contributed by atoms with Crippen LogP contribution < -0.4 is 11.1 Å². The van der Waals surface area contributed by atoms with Gasteiger partial charge < -0.3 is 11.1 Å². The van der Waals surface area contributed by atoms with Crippen molar-refractivity contribution in [3.63, 3.8) is 0 Å². The van der Waals surface area contributed by atoms with Crippen LogP contribution in [-0.4, -0.2) is 35.4 Å². The molecule has 3 rings (SSSR count). The summed E-state index contributed by atoms with van der Waals surface area (Å²) >= 11 is 2.02. The second kappa shape index (κ2) is 8.92. The molecule has 1 aliphatic rings. The number of amides is 1. The summed E-state index contributed by atoms with van der Waals surface area (Å²) in [6, 6.07) is 15.9. The van der Waals surface area contributed by atoms with Gasteiger partial charge in [-0.05, 0) is 35.7 Å². The quantitative estimate of drug-likeness (QED) is 0.780. The fourth-order valence-corrected chi connectivity index (χ4v) is 3.98. The minimum atomic E-state index is 0.0229. The molecule has 0 bridgehead atoms. The van der Waals surface area contributed by atoms with Gasteiger partial charge in [-0.3, -0.25) is 9.69 Å². The Labute approximate surface area is 153 Å². The van der Waals surface area contributed by atoms with Crippen molar-refractivity contribution in [3.8, 4) is 0 Å². The molecule has 0 aliphatic carbocycles. The third-order valence-corrected chi connectivity index (χ3v) is 5.34. The number of carbonyl (C=O) groups is 1. The van der Waals surface area contributed by atoms with Crippen molar-refractivity contribution >= 4 is 29.0 Å². The standard InChI is InChI=1S/C20H25N3OS/c21-19-7-2-1-5-17(19)8-9-20(24)22-18-6-3-4-16(14-18)15-23-10-12-25-13-11-23/h1-7,14H,8-13,15,21H2,(H,22,24). The molecule has 2 aromatic rings. The van der Waals surface area contributed by atoms with Crippen molar-refractivity contribution in [1.29, 1.82) is 0 Å². The maximum atomic E-state index is 12.2. The normalized spacial score (nSPS) is 15.0. The summed E-state index contributed by atoms with van der Waals surface area (Å²) in [6.07, 6.45) is 1.09. The highest BCUT2D eigenvalue weighted by atomic mass is 32.2. The summed E-state index contributed by atoms with van der Waals surface area (Å²) in [4.78, 5) is 14.7. The van der Waals surface area contributed by atoms with Crippen molar-refractivity contribution in [2.24, 2.45) is 0 Å². The third-order valence-electron chi connectivity index (χ3n) is 4.40. The molecule has 25 heavy (non-hydrogen) atoms. The molecule has 5 heteroatoms. The summed E-state index contributed by atoms with van der Waals surface area (Å²) in [5.41, 5.74) is 9.82. The molecule has 0 unspecified atom stereocenters. The monoisotopic (exact) mass is 355 g/mol. The first-order chi connectivity index (χ1) is 12.2. The summed E-state index contributed by atoms with van der Waals surface area (Å²) in [7, 11) is 0. The van der Waals surface area contributed by atoms with Gasteiger partial charge in [-0.25, -0.2) is 0 Å². The second-order valence-corrected chi connectivity index (χ2v) is 7.56. The van der Waals surface area contributed by atoms with Gasteiger partial charge in [-0.15, -0.1) is 0 Å². The molecular formula is C20H25N3OS. The molecule has 1 saturated heterocycles. The van der Waals surface area contributed by atoms with E-state index in [9.17, 15) is 4.79 Å². The van der Waals surface area contributed by atoms with Gasteiger partial charge in [0.1, 0.15) is 0 Å². The average molecular weight is 356 g/mol. The molecule has 0 aromatic heterocycles. The fourth-order valence-electron chi connectivity index (χ4n) is 3.00. The zero-order chi connectivity index (χ0) is 17.5. The smallest absolute Gasteiger partial charge is 0.224 e. The number of rotatable bonds is 6. The first kappa shape index (κ1) is 17.8. The van der Waals surface area contributed by atoms with Crippen LogP contribution in [0.15, 0.2) is 48.5 Å². The average Bonchev–Trinajstić information content (AvgIpc) is 2.62. The highest BCUT2D eigenvalue weighted by Gasteiger charge is 2.11. The Balaban J connectivity index is 1.52. The summed E-state index contributed by atoms with van der Waals surface area (Å²) in [5.74, 6) is 2.44. The van der Waals surface area contributed by atoms with Crippen molar-refractivity contribution in [1.82, 2.24) is 4.90 Å². The van der Waals surface area contributed by atoms with E-state index in [0.717, 1.165) is 36.6 Å². The Bertz CT molecular complexity index is 714. The van der Waals surface area contributed by atoms with Crippen LogP contribution in [0.2, 0.25) is 0 Å². The Morgan fingerprint density at radius 3 is 2.72 bits per heavy atom. The number of benzene rings is 2. The molecule has 1 amide bonds. The summed E-state index contributed by atoms with van der Waals surface area (Å²) < 4.78 is 0. The highest BCUT2D eigenvalue weighted by molar-refractivity contribution is 7.99. The first-order valence-corrected chi connectivity index (χ1v) is 9.88. The number of hydrogen-bond donors (Lipinski definition) is 2. The van der Waals surface area contributed by atoms with Gasteiger partial charge >= 0.3 is 0 Å². The molecule has 4 nitrogen and oxygen atoms in total. The molecule has 1 aliphatic heterocycles. The van der Waals surface area contributed by atoms with Crippen molar-refractivity contribution in [3.05, 3.63) is 59.7 Å². The largest absolute Gasteiger partial charge is 0.399 e. The number of anilines is 2. The van der Waals surface area contributed by atoms with Crippen molar-refractivity contribution < 1.29 is 4.79 Å². The Morgan fingerprint density at radius 2 is 1.92 bits per heavy atom. The lowest BCUT2D eigenvalue weighted by atomic mass is 10.1. The van der Waals surface area contributed by atoms with Crippen LogP contribution in [0, 0.1) is 0 Å². The lowest BCUT2D eigenvalue weighted by Crippen LogP contribution is -2.31. The topological polar surface area (TPSA) is 58.4 Å². The van der Waals surface area contributed by atoms with Crippen molar-refractivity contribution in [2.45, 2.75) is 19.4 Å². The molecule has 0 saturated carbocycles. The number of para-hydroxylation sites is 1. The van der Waals surface area contributed by atoms with Gasteiger partial charge in [-0.1, -0.05) is 30.3 Å². The highest BCUT2D eigenvalue weighted by Crippen LogP contribution is 2.17. The van der Waals surface area contributed by atoms with Gasteiger partial charge in [0.25, 0.3) is 0 Å². The Kier molecular flexibility index (Phi) is 6.36. The van der Waals surface area contributed by atoms with Crippen LogP contribution in [0.3, 0.4) is 0 Å². The summed E-state index contributed by atoms with van der Waals surface area (Å²) in [6.45, 7) is 3.23. The van der Waals surface area contributed by atoms with E-state index in [1.165, 1.54) is 17.1 Å². The van der Waals surface area contributed by atoms with Gasteiger partial charge in [0.05, 0.1) is 0 Å².